The predicted octanol–water partition coefficient (Wildman–Crippen LogP) is 1.70. The summed E-state index contributed by atoms with van der Waals surface area (Å²) in [6.07, 6.45) is 2.91. The Bertz CT molecular complexity index is 526. The number of rotatable bonds is 5. The van der Waals surface area contributed by atoms with Crippen LogP contribution < -0.4 is 10.6 Å². The highest BCUT2D eigenvalue weighted by atomic mass is 16.6. The van der Waals surface area contributed by atoms with E-state index < -0.39 is 10.8 Å². The molecular formula is C12H16N4O3. The van der Waals surface area contributed by atoms with Gasteiger partial charge in [0.1, 0.15) is 17.6 Å². The number of nitro groups is 1. The summed E-state index contributed by atoms with van der Waals surface area (Å²) in [5.41, 5.74) is -0.445. The van der Waals surface area contributed by atoms with Gasteiger partial charge in [-0.15, -0.1) is 0 Å². The molecule has 0 radical (unpaired) electrons. The van der Waals surface area contributed by atoms with Crippen LogP contribution in [0.5, 0.6) is 0 Å². The number of hydrogen-bond acceptors (Lipinski definition) is 5. The van der Waals surface area contributed by atoms with Crippen molar-refractivity contribution in [1.29, 1.82) is 0 Å². The molecule has 0 aliphatic heterocycles. The van der Waals surface area contributed by atoms with E-state index in [0.29, 0.717) is 12.4 Å². The van der Waals surface area contributed by atoms with E-state index in [9.17, 15) is 14.9 Å². The highest BCUT2D eigenvalue weighted by Gasteiger charge is 2.39. The first-order chi connectivity index (χ1) is 8.95. The third-order valence-electron chi connectivity index (χ3n) is 3.10. The van der Waals surface area contributed by atoms with Crippen molar-refractivity contribution in [1.82, 2.24) is 10.3 Å². The normalized spacial score (nSPS) is 15.7. The van der Waals surface area contributed by atoms with E-state index in [0.717, 1.165) is 19.0 Å². The molecule has 1 amide bonds. The van der Waals surface area contributed by atoms with Crippen LogP contribution in [-0.2, 0) is 0 Å². The van der Waals surface area contributed by atoms with Gasteiger partial charge in [0.2, 0.25) is 0 Å². The second kappa shape index (κ2) is 4.83. The molecular weight excluding hydrogens is 248 g/mol. The fourth-order valence-corrected chi connectivity index (χ4v) is 1.71. The SMILES string of the molecule is CCNc1cc(C(=O)NC2(C)CC2)c([N+](=O)[O-])cn1. The van der Waals surface area contributed by atoms with Crippen molar-refractivity contribution < 1.29 is 9.72 Å². The molecule has 1 aliphatic rings. The molecule has 0 bridgehead atoms. The topological polar surface area (TPSA) is 97.2 Å². The van der Waals surface area contributed by atoms with Crippen LogP contribution in [-0.4, -0.2) is 27.9 Å². The average molecular weight is 264 g/mol. The maximum Gasteiger partial charge on any atom is 0.300 e. The van der Waals surface area contributed by atoms with Gasteiger partial charge in [0.15, 0.2) is 0 Å². The van der Waals surface area contributed by atoms with Gasteiger partial charge < -0.3 is 10.6 Å². The summed E-state index contributed by atoms with van der Waals surface area (Å²) >= 11 is 0. The van der Waals surface area contributed by atoms with E-state index in [1.165, 1.54) is 6.07 Å². The lowest BCUT2D eigenvalue weighted by Gasteiger charge is -2.12. The van der Waals surface area contributed by atoms with Gasteiger partial charge in [-0.3, -0.25) is 14.9 Å². The number of nitrogens with one attached hydrogen (secondary N) is 2. The molecule has 1 aliphatic carbocycles. The van der Waals surface area contributed by atoms with E-state index in [1.807, 2.05) is 13.8 Å². The maximum atomic E-state index is 12.1. The Kier molecular flexibility index (Phi) is 3.37. The lowest BCUT2D eigenvalue weighted by molar-refractivity contribution is -0.385. The highest BCUT2D eigenvalue weighted by molar-refractivity contribution is 5.99. The van der Waals surface area contributed by atoms with Crippen molar-refractivity contribution >= 4 is 17.4 Å². The fourth-order valence-electron chi connectivity index (χ4n) is 1.71. The number of hydrogen-bond donors (Lipinski definition) is 2. The molecule has 0 atom stereocenters. The molecule has 7 nitrogen and oxygen atoms in total. The molecule has 0 aromatic carbocycles. The van der Waals surface area contributed by atoms with Gasteiger partial charge in [-0.1, -0.05) is 0 Å². The molecule has 1 heterocycles. The number of carbonyl (C=O) groups excluding carboxylic acids is 1. The molecule has 1 aromatic rings. The van der Waals surface area contributed by atoms with Gasteiger partial charge >= 0.3 is 0 Å². The van der Waals surface area contributed by atoms with Gasteiger partial charge in [-0.05, 0) is 26.7 Å². The molecule has 0 spiro atoms. The van der Waals surface area contributed by atoms with Gasteiger partial charge in [0.05, 0.1) is 4.92 Å². The Labute approximate surface area is 110 Å². The first-order valence-electron chi connectivity index (χ1n) is 6.16. The second-order valence-corrected chi connectivity index (χ2v) is 4.89. The zero-order chi connectivity index (χ0) is 14.0. The minimum atomic E-state index is -0.590. The van der Waals surface area contributed by atoms with Crippen LogP contribution in [0.1, 0.15) is 37.0 Å². The predicted molar refractivity (Wildman–Crippen MR) is 70.2 cm³/mol. The molecule has 102 valence electrons. The Morgan fingerprint density at radius 1 is 1.58 bits per heavy atom. The van der Waals surface area contributed by atoms with E-state index in [4.69, 9.17) is 0 Å². The summed E-state index contributed by atoms with van der Waals surface area (Å²) in [6, 6.07) is 1.42. The molecule has 19 heavy (non-hydrogen) atoms. The first-order valence-corrected chi connectivity index (χ1v) is 6.16. The van der Waals surface area contributed by atoms with Gasteiger partial charge in [-0.25, -0.2) is 4.98 Å². The van der Waals surface area contributed by atoms with Crippen molar-refractivity contribution in [3.05, 3.63) is 27.9 Å². The standard InChI is InChI=1S/C12H16N4O3/c1-3-13-10-6-8(9(7-14-10)16(18)19)11(17)15-12(2)4-5-12/h6-7H,3-5H2,1-2H3,(H,13,14)(H,15,17). The minimum Gasteiger partial charge on any atom is -0.370 e. The van der Waals surface area contributed by atoms with Crippen molar-refractivity contribution in [3.8, 4) is 0 Å². The van der Waals surface area contributed by atoms with Gasteiger partial charge in [0.25, 0.3) is 11.6 Å². The number of anilines is 1. The Morgan fingerprint density at radius 3 is 2.79 bits per heavy atom. The Hall–Kier alpha value is -2.18. The van der Waals surface area contributed by atoms with Crippen LogP contribution in [0.4, 0.5) is 11.5 Å². The Morgan fingerprint density at radius 2 is 2.26 bits per heavy atom. The molecule has 1 saturated carbocycles. The molecule has 1 aromatic heterocycles. The van der Waals surface area contributed by atoms with Crippen LogP contribution in [0.2, 0.25) is 0 Å². The summed E-state index contributed by atoms with van der Waals surface area (Å²) in [4.78, 5) is 26.4. The monoisotopic (exact) mass is 264 g/mol. The number of aromatic nitrogens is 1. The van der Waals surface area contributed by atoms with Gasteiger partial charge in [-0.2, -0.15) is 0 Å². The van der Waals surface area contributed by atoms with Crippen LogP contribution in [0, 0.1) is 10.1 Å². The van der Waals surface area contributed by atoms with E-state index >= 15 is 0 Å². The lowest BCUT2D eigenvalue weighted by Crippen LogP contribution is -2.34. The van der Waals surface area contributed by atoms with Crippen molar-refractivity contribution in [2.75, 3.05) is 11.9 Å². The largest absolute Gasteiger partial charge is 0.370 e. The van der Waals surface area contributed by atoms with Crippen LogP contribution in [0.15, 0.2) is 12.3 Å². The van der Waals surface area contributed by atoms with E-state index in [-0.39, 0.29) is 16.8 Å². The van der Waals surface area contributed by atoms with Crippen molar-refractivity contribution in [2.24, 2.45) is 0 Å². The molecule has 0 unspecified atom stereocenters. The summed E-state index contributed by atoms with van der Waals surface area (Å²) < 4.78 is 0. The molecule has 2 N–H and O–H groups in total. The third-order valence-corrected chi connectivity index (χ3v) is 3.10. The number of carbonyl (C=O) groups is 1. The summed E-state index contributed by atoms with van der Waals surface area (Å²) in [5.74, 6) is 0.0347. The number of amides is 1. The van der Waals surface area contributed by atoms with E-state index in [1.54, 1.807) is 0 Å². The number of nitrogens with zero attached hydrogens (tertiary/aromatic N) is 2. The summed E-state index contributed by atoms with van der Waals surface area (Å²) in [7, 11) is 0. The smallest absolute Gasteiger partial charge is 0.300 e. The van der Waals surface area contributed by atoms with Crippen molar-refractivity contribution in [2.45, 2.75) is 32.2 Å². The van der Waals surface area contributed by atoms with Gasteiger partial charge in [0, 0.05) is 18.2 Å². The minimum absolute atomic E-state index is 0.0454. The van der Waals surface area contributed by atoms with Crippen LogP contribution >= 0.6 is 0 Å². The van der Waals surface area contributed by atoms with E-state index in [2.05, 4.69) is 15.6 Å². The summed E-state index contributed by atoms with van der Waals surface area (Å²) in [5, 5.41) is 16.7. The maximum absolute atomic E-state index is 12.1. The Balaban J connectivity index is 2.30. The molecule has 7 heteroatoms. The fraction of sp³-hybridized carbons (Fsp3) is 0.500. The summed E-state index contributed by atoms with van der Waals surface area (Å²) in [6.45, 7) is 4.43. The molecule has 1 fully saturated rings. The van der Waals surface area contributed by atoms with Crippen LogP contribution in [0.25, 0.3) is 0 Å². The zero-order valence-electron chi connectivity index (χ0n) is 10.9. The molecule has 2 rings (SSSR count). The second-order valence-electron chi connectivity index (χ2n) is 4.89. The zero-order valence-corrected chi connectivity index (χ0v) is 10.9. The third kappa shape index (κ3) is 2.98. The first kappa shape index (κ1) is 13.3. The number of pyridine rings is 1. The van der Waals surface area contributed by atoms with Crippen molar-refractivity contribution in [3.63, 3.8) is 0 Å². The molecule has 0 saturated heterocycles. The quantitative estimate of drug-likeness (QED) is 0.623. The van der Waals surface area contributed by atoms with Crippen LogP contribution in [0.3, 0.4) is 0 Å². The highest BCUT2D eigenvalue weighted by Crippen LogP contribution is 2.35. The lowest BCUT2D eigenvalue weighted by atomic mass is 10.2. The average Bonchev–Trinajstić information content (AvgIpc) is 3.06.